The van der Waals surface area contributed by atoms with Crippen molar-refractivity contribution in [2.24, 2.45) is 10.7 Å². The van der Waals surface area contributed by atoms with Gasteiger partial charge in [0.05, 0.1) is 17.6 Å². The molecule has 0 saturated carbocycles. The normalized spacial score (nSPS) is 15.7. The van der Waals surface area contributed by atoms with E-state index in [-0.39, 0.29) is 18.2 Å². The number of nitrogens with one attached hydrogen (secondary N) is 2. The summed E-state index contributed by atoms with van der Waals surface area (Å²) in [6.45, 7) is 7.45. The smallest absolute Gasteiger partial charge is 0.255 e. The Morgan fingerprint density at radius 1 is 1.11 bits per heavy atom. The molecule has 0 spiro atoms. The molecular formula is C29H39N7O2. The molecule has 1 aromatic carbocycles. The second kappa shape index (κ2) is 12.7. The van der Waals surface area contributed by atoms with Gasteiger partial charge in [0.25, 0.3) is 5.91 Å². The third-order valence-corrected chi connectivity index (χ3v) is 7.04. The second-order valence-corrected chi connectivity index (χ2v) is 9.92. The fourth-order valence-corrected chi connectivity index (χ4v) is 4.97. The Balaban J connectivity index is 1.46. The van der Waals surface area contributed by atoms with Crippen LogP contribution in [0.4, 0.5) is 17.2 Å². The van der Waals surface area contributed by atoms with Crippen LogP contribution in [0.5, 0.6) is 0 Å². The van der Waals surface area contributed by atoms with Crippen LogP contribution in [0.3, 0.4) is 0 Å². The average molecular weight is 518 g/mol. The molecule has 3 heterocycles. The van der Waals surface area contributed by atoms with E-state index in [1.807, 2.05) is 36.2 Å². The number of nitrogens with zero attached hydrogens (tertiary/aromatic N) is 4. The predicted molar refractivity (Wildman–Crippen MR) is 154 cm³/mol. The van der Waals surface area contributed by atoms with Gasteiger partial charge in [0.2, 0.25) is 5.91 Å². The molecule has 0 radical (unpaired) electrons. The van der Waals surface area contributed by atoms with E-state index in [1.165, 1.54) is 0 Å². The number of rotatable bonds is 9. The van der Waals surface area contributed by atoms with Gasteiger partial charge in [-0.2, -0.15) is 0 Å². The summed E-state index contributed by atoms with van der Waals surface area (Å²) in [6.07, 6.45) is 7.78. The van der Waals surface area contributed by atoms with Crippen LogP contribution in [0, 0.1) is 0 Å². The molecule has 9 heteroatoms. The topological polar surface area (TPSA) is 116 Å². The first-order chi connectivity index (χ1) is 18.4. The lowest BCUT2D eigenvalue weighted by atomic mass is 10.0. The van der Waals surface area contributed by atoms with Crippen molar-refractivity contribution < 1.29 is 9.59 Å². The van der Waals surface area contributed by atoms with Crippen molar-refractivity contribution in [1.82, 2.24) is 15.2 Å². The molecule has 2 aliphatic rings. The molecule has 2 amide bonds. The molecule has 2 aliphatic heterocycles. The first-order valence-electron chi connectivity index (χ1n) is 13.6. The Morgan fingerprint density at radius 3 is 2.47 bits per heavy atom. The van der Waals surface area contributed by atoms with Gasteiger partial charge in [0.1, 0.15) is 11.7 Å². The molecule has 1 aromatic heterocycles. The van der Waals surface area contributed by atoms with Gasteiger partial charge in [-0.15, -0.1) is 0 Å². The van der Waals surface area contributed by atoms with Crippen molar-refractivity contribution in [3.63, 3.8) is 0 Å². The van der Waals surface area contributed by atoms with E-state index in [0.29, 0.717) is 47.5 Å². The molecule has 9 nitrogen and oxygen atoms in total. The molecule has 38 heavy (non-hydrogen) atoms. The van der Waals surface area contributed by atoms with E-state index in [0.717, 1.165) is 50.2 Å². The standard InChI is InChI=1S/C29H39N7O2/c1-4-12-36(13-5-2)29(38)22-16-20-6-7-21(17-25(20)34-26(30)18-22)28(37)33-24-8-9-27(32-19-24)35-14-10-23(31-3)11-15-35/h6-9,16-17,19,23,31H,4-5,10-15,18H2,1-3H3,(H2,30,34)(H,33,37). The maximum atomic E-state index is 13.2. The van der Waals surface area contributed by atoms with Crippen molar-refractivity contribution in [3.8, 4) is 0 Å². The minimum absolute atomic E-state index is 0.0103. The molecule has 0 bridgehead atoms. The Hall–Kier alpha value is -3.72. The zero-order valence-electron chi connectivity index (χ0n) is 22.7. The van der Waals surface area contributed by atoms with Crippen LogP contribution in [-0.2, 0) is 4.79 Å². The highest BCUT2D eigenvalue weighted by molar-refractivity contribution is 6.07. The zero-order chi connectivity index (χ0) is 27.1. The summed E-state index contributed by atoms with van der Waals surface area (Å²) in [6, 6.07) is 9.66. The molecule has 202 valence electrons. The first-order valence-corrected chi connectivity index (χ1v) is 13.6. The molecule has 4 N–H and O–H groups in total. The summed E-state index contributed by atoms with van der Waals surface area (Å²) in [4.78, 5) is 39.4. The van der Waals surface area contributed by atoms with Crippen molar-refractivity contribution in [1.29, 1.82) is 0 Å². The minimum atomic E-state index is -0.257. The van der Waals surface area contributed by atoms with Crippen LogP contribution >= 0.6 is 0 Å². The number of hydrogen-bond donors (Lipinski definition) is 3. The number of fused-ring (bicyclic) bond motifs is 1. The number of carbonyl (C=O) groups excluding carboxylic acids is 2. The number of piperidine rings is 1. The van der Waals surface area contributed by atoms with Gasteiger partial charge in [0.15, 0.2) is 0 Å². The van der Waals surface area contributed by atoms with Crippen LogP contribution in [0.25, 0.3) is 6.08 Å². The fourth-order valence-electron chi connectivity index (χ4n) is 4.97. The average Bonchev–Trinajstić information content (AvgIpc) is 3.10. The molecule has 2 aromatic rings. The van der Waals surface area contributed by atoms with Crippen molar-refractivity contribution in [2.75, 3.05) is 43.4 Å². The van der Waals surface area contributed by atoms with Crippen LogP contribution in [0.2, 0.25) is 0 Å². The fraction of sp³-hybridized carbons (Fsp3) is 0.448. The highest BCUT2D eigenvalue weighted by Crippen LogP contribution is 2.29. The summed E-state index contributed by atoms with van der Waals surface area (Å²) >= 11 is 0. The van der Waals surface area contributed by atoms with Gasteiger partial charge in [-0.05, 0) is 63.1 Å². The summed E-state index contributed by atoms with van der Waals surface area (Å²) in [5.41, 5.74) is 9.24. The van der Waals surface area contributed by atoms with Gasteiger partial charge in [0, 0.05) is 55.3 Å². The number of amides is 2. The molecule has 0 atom stereocenters. The monoisotopic (exact) mass is 517 g/mol. The van der Waals surface area contributed by atoms with Crippen molar-refractivity contribution >= 4 is 40.9 Å². The number of carbonyl (C=O) groups is 2. The number of pyridine rings is 1. The second-order valence-electron chi connectivity index (χ2n) is 9.92. The van der Waals surface area contributed by atoms with Crippen LogP contribution in [0.1, 0.15) is 61.9 Å². The zero-order valence-corrected chi connectivity index (χ0v) is 22.7. The number of amidine groups is 1. The van der Waals surface area contributed by atoms with Crippen molar-refractivity contribution in [2.45, 2.75) is 52.0 Å². The Labute approximate surface area is 225 Å². The van der Waals surface area contributed by atoms with Gasteiger partial charge >= 0.3 is 0 Å². The number of nitrogens with two attached hydrogens (primary N) is 1. The highest BCUT2D eigenvalue weighted by Gasteiger charge is 2.22. The van der Waals surface area contributed by atoms with Gasteiger partial charge in [-0.3, -0.25) is 9.59 Å². The summed E-state index contributed by atoms with van der Waals surface area (Å²) in [7, 11) is 2.01. The lowest BCUT2D eigenvalue weighted by Crippen LogP contribution is -2.41. The molecule has 0 unspecified atom stereocenters. The SMILES string of the molecule is CCCN(CCC)C(=O)C1=Cc2ccc(C(=O)Nc3ccc(N4CCC(NC)CC4)nc3)cc2N=C(N)C1. The van der Waals surface area contributed by atoms with E-state index in [4.69, 9.17) is 5.73 Å². The van der Waals surface area contributed by atoms with E-state index >= 15 is 0 Å². The van der Waals surface area contributed by atoms with E-state index in [9.17, 15) is 9.59 Å². The maximum absolute atomic E-state index is 13.2. The highest BCUT2D eigenvalue weighted by atomic mass is 16.2. The lowest BCUT2D eigenvalue weighted by Gasteiger charge is -2.32. The number of hydrogen-bond acceptors (Lipinski definition) is 7. The quantitative estimate of drug-likeness (QED) is 0.464. The maximum Gasteiger partial charge on any atom is 0.255 e. The molecule has 4 rings (SSSR count). The number of benzene rings is 1. The Morgan fingerprint density at radius 2 is 1.84 bits per heavy atom. The molecule has 1 saturated heterocycles. The predicted octanol–water partition coefficient (Wildman–Crippen LogP) is 3.95. The lowest BCUT2D eigenvalue weighted by molar-refractivity contribution is -0.127. The summed E-state index contributed by atoms with van der Waals surface area (Å²) in [5.74, 6) is 1.00. The number of anilines is 2. The van der Waals surface area contributed by atoms with Crippen LogP contribution in [0.15, 0.2) is 47.1 Å². The Bertz CT molecular complexity index is 1190. The summed E-state index contributed by atoms with van der Waals surface area (Å²) < 4.78 is 0. The van der Waals surface area contributed by atoms with E-state index < -0.39 is 0 Å². The van der Waals surface area contributed by atoms with Gasteiger partial charge < -0.3 is 26.2 Å². The van der Waals surface area contributed by atoms with E-state index in [2.05, 4.69) is 39.4 Å². The first kappa shape index (κ1) is 27.3. The number of aliphatic imine (C=N–C) groups is 1. The molecule has 0 aliphatic carbocycles. The molecule has 1 fully saturated rings. The van der Waals surface area contributed by atoms with Crippen LogP contribution < -0.4 is 21.3 Å². The third kappa shape index (κ3) is 6.58. The third-order valence-electron chi connectivity index (χ3n) is 7.04. The van der Waals surface area contributed by atoms with Gasteiger partial charge in [-0.25, -0.2) is 9.98 Å². The molecular weight excluding hydrogens is 478 g/mol. The minimum Gasteiger partial charge on any atom is -0.387 e. The summed E-state index contributed by atoms with van der Waals surface area (Å²) in [5, 5.41) is 6.26. The van der Waals surface area contributed by atoms with Crippen molar-refractivity contribution in [3.05, 3.63) is 53.2 Å². The van der Waals surface area contributed by atoms with Crippen LogP contribution in [-0.4, -0.2) is 66.8 Å². The largest absolute Gasteiger partial charge is 0.387 e. The number of aromatic nitrogens is 1. The Kier molecular flexibility index (Phi) is 9.12. The van der Waals surface area contributed by atoms with E-state index in [1.54, 1.807) is 18.3 Å². The van der Waals surface area contributed by atoms with Gasteiger partial charge in [-0.1, -0.05) is 19.9 Å².